The van der Waals surface area contributed by atoms with Crippen molar-refractivity contribution in [1.82, 2.24) is 4.31 Å². The van der Waals surface area contributed by atoms with Gasteiger partial charge in [0.05, 0.1) is 10.9 Å². The number of hydrogen-bond acceptors (Lipinski definition) is 2. The molecule has 0 bridgehead atoms. The zero-order valence-electron chi connectivity index (χ0n) is 13.9. The molecule has 1 aliphatic heterocycles. The first-order valence-electron chi connectivity index (χ1n) is 8.17. The number of hydrogen-bond donors (Lipinski definition) is 0. The first-order chi connectivity index (χ1) is 11.4. The molecule has 3 nitrogen and oxygen atoms in total. The summed E-state index contributed by atoms with van der Waals surface area (Å²) in [6.45, 7) is 4.10. The van der Waals surface area contributed by atoms with Gasteiger partial charge in [-0.3, -0.25) is 0 Å². The van der Waals surface area contributed by atoms with E-state index in [0.29, 0.717) is 0 Å². The van der Waals surface area contributed by atoms with Gasteiger partial charge in [0.25, 0.3) is 0 Å². The van der Waals surface area contributed by atoms with E-state index in [1.165, 1.54) is 4.31 Å². The van der Waals surface area contributed by atoms with Gasteiger partial charge in [0, 0.05) is 6.54 Å². The molecule has 1 aliphatic rings. The lowest BCUT2D eigenvalue weighted by atomic mass is 9.96. The van der Waals surface area contributed by atoms with Gasteiger partial charge in [-0.15, -0.1) is 0 Å². The molecule has 0 amide bonds. The Morgan fingerprint density at radius 3 is 2.08 bits per heavy atom. The van der Waals surface area contributed by atoms with Crippen molar-refractivity contribution in [3.05, 3.63) is 65.2 Å². The molecule has 1 heterocycles. The van der Waals surface area contributed by atoms with E-state index < -0.39 is 22.2 Å². The maximum absolute atomic E-state index is 14.0. The van der Waals surface area contributed by atoms with Gasteiger partial charge in [-0.1, -0.05) is 47.5 Å². The second-order valence-electron chi connectivity index (χ2n) is 6.48. The lowest BCUT2D eigenvalue weighted by Gasteiger charge is -2.36. The van der Waals surface area contributed by atoms with Crippen molar-refractivity contribution in [3.63, 3.8) is 0 Å². The highest BCUT2D eigenvalue weighted by atomic mass is 32.2. The van der Waals surface area contributed by atoms with Crippen LogP contribution in [-0.2, 0) is 10.0 Å². The number of alkyl halides is 1. The number of aryl methyl sites for hydroxylation is 2. The molecular weight excluding hydrogens is 325 g/mol. The fourth-order valence-corrected chi connectivity index (χ4v) is 4.76. The Labute approximate surface area is 143 Å². The normalized spacial score (nSPS) is 22.5. The first-order valence-corrected chi connectivity index (χ1v) is 9.61. The summed E-state index contributed by atoms with van der Waals surface area (Å²) in [7, 11) is -3.64. The Hall–Kier alpha value is -1.72. The van der Waals surface area contributed by atoms with Gasteiger partial charge in [-0.2, -0.15) is 4.31 Å². The van der Waals surface area contributed by atoms with Gasteiger partial charge in [-0.05, 0) is 44.4 Å². The summed E-state index contributed by atoms with van der Waals surface area (Å²) in [4.78, 5) is 0.266. The van der Waals surface area contributed by atoms with Crippen LogP contribution in [0, 0.1) is 13.8 Å². The van der Waals surface area contributed by atoms with Crippen LogP contribution in [-0.4, -0.2) is 25.4 Å². The minimum Gasteiger partial charge on any atom is -0.247 e. The van der Waals surface area contributed by atoms with Crippen molar-refractivity contribution in [2.75, 3.05) is 6.54 Å². The molecule has 0 radical (unpaired) electrons. The van der Waals surface area contributed by atoms with E-state index in [0.717, 1.165) is 16.7 Å². The van der Waals surface area contributed by atoms with Crippen molar-refractivity contribution in [2.24, 2.45) is 0 Å². The molecule has 0 unspecified atom stereocenters. The Morgan fingerprint density at radius 2 is 1.50 bits per heavy atom. The zero-order chi connectivity index (χ0) is 17.3. The van der Waals surface area contributed by atoms with E-state index in [1.54, 1.807) is 24.3 Å². The Balaban J connectivity index is 1.99. The molecule has 2 aromatic carbocycles. The lowest BCUT2D eigenvalue weighted by Crippen LogP contribution is -2.41. The molecule has 0 aliphatic carbocycles. The summed E-state index contributed by atoms with van der Waals surface area (Å²) >= 11 is 0. The molecule has 128 valence electrons. The number of nitrogens with zero attached hydrogens (tertiary/aromatic N) is 1. The predicted molar refractivity (Wildman–Crippen MR) is 93.1 cm³/mol. The smallest absolute Gasteiger partial charge is 0.243 e. The molecule has 0 N–H and O–H groups in total. The van der Waals surface area contributed by atoms with Gasteiger partial charge >= 0.3 is 0 Å². The SMILES string of the molecule is Cc1ccc([C@H]2C[C@@H](F)CCN2S(=O)(=O)c2ccc(C)cc2)cc1. The van der Waals surface area contributed by atoms with Crippen molar-refractivity contribution < 1.29 is 12.8 Å². The number of benzene rings is 2. The van der Waals surface area contributed by atoms with Crippen molar-refractivity contribution in [2.45, 2.75) is 43.8 Å². The van der Waals surface area contributed by atoms with Crippen molar-refractivity contribution in [1.29, 1.82) is 0 Å². The highest BCUT2D eigenvalue weighted by Crippen LogP contribution is 2.36. The van der Waals surface area contributed by atoms with Crippen LogP contribution in [0.1, 0.15) is 35.6 Å². The van der Waals surface area contributed by atoms with Gasteiger partial charge in [0.15, 0.2) is 0 Å². The topological polar surface area (TPSA) is 37.4 Å². The molecule has 1 fully saturated rings. The highest BCUT2D eigenvalue weighted by molar-refractivity contribution is 7.89. The van der Waals surface area contributed by atoms with Crippen LogP contribution in [0.5, 0.6) is 0 Å². The predicted octanol–water partition coefficient (Wildman–Crippen LogP) is 4.17. The van der Waals surface area contributed by atoms with Crippen LogP contribution in [0.25, 0.3) is 0 Å². The van der Waals surface area contributed by atoms with E-state index in [-0.39, 0.29) is 24.3 Å². The summed E-state index contributed by atoms with van der Waals surface area (Å²) < 4.78 is 41.6. The van der Waals surface area contributed by atoms with E-state index in [2.05, 4.69) is 0 Å². The summed E-state index contributed by atoms with van der Waals surface area (Å²) in [6, 6.07) is 14.0. The number of rotatable bonds is 3. The first kappa shape index (κ1) is 17.1. The summed E-state index contributed by atoms with van der Waals surface area (Å²) in [5.41, 5.74) is 2.95. The van der Waals surface area contributed by atoms with Gasteiger partial charge in [0.2, 0.25) is 10.0 Å². The second-order valence-corrected chi connectivity index (χ2v) is 8.37. The number of sulfonamides is 1. The zero-order valence-corrected chi connectivity index (χ0v) is 14.8. The highest BCUT2D eigenvalue weighted by Gasteiger charge is 2.37. The second kappa shape index (κ2) is 6.65. The van der Waals surface area contributed by atoms with Gasteiger partial charge < -0.3 is 0 Å². The molecule has 24 heavy (non-hydrogen) atoms. The molecule has 1 saturated heterocycles. The van der Waals surface area contributed by atoms with Crippen molar-refractivity contribution in [3.8, 4) is 0 Å². The average Bonchev–Trinajstić information content (AvgIpc) is 2.55. The molecule has 2 aromatic rings. The van der Waals surface area contributed by atoms with E-state index >= 15 is 0 Å². The third-order valence-electron chi connectivity index (χ3n) is 4.58. The largest absolute Gasteiger partial charge is 0.247 e. The lowest BCUT2D eigenvalue weighted by molar-refractivity contribution is 0.156. The minimum absolute atomic E-state index is 0.203. The molecule has 0 aromatic heterocycles. The van der Waals surface area contributed by atoms with E-state index in [9.17, 15) is 12.8 Å². The molecule has 3 rings (SSSR count). The van der Waals surface area contributed by atoms with Crippen LogP contribution >= 0.6 is 0 Å². The maximum Gasteiger partial charge on any atom is 0.243 e. The van der Waals surface area contributed by atoms with Crippen LogP contribution in [0.2, 0.25) is 0 Å². The average molecular weight is 347 g/mol. The standard InChI is InChI=1S/C19H22FNO2S/c1-14-3-7-16(8-4-14)19-13-17(20)11-12-21(19)24(22,23)18-9-5-15(2)6-10-18/h3-10,17,19H,11-13H2,1-2H3/t17-,19+/m0/s1. The monoisotopic (exact) mass is 347 g/mol. The quantitative estimate of drug-likeness (QED) is 0.836. The summed E-state index contributed by atoms with van der Waals surface area (Å²) in [5.74, 6) is 0. The minimum atomic E-state index is -3.64. The number of halogens is 1. The van der Waals surface area contributed by atoms with Gasteiger partial charge in [0.1, 0.15) is 6.17 Å². The summed E-state index contributed by atoms with van der Waals surface area (Å²) in [6.07, 6.45) is -0.525. The third-order valence-corrected chi connectivity index (χ3v) is 6.50. The van der Waals surface area contributed by atoms with Gasteiger partial charge in [-0.25, -0.2) is 12.8 Å². The summed E-state index contributed by atoms with van der Waals surface area (Å²) in [5, 5.41) is 0. The fraction of sp³-hybridized carbons (Fsp3) is 0.368. The Kier molecular flexibility index (Phi) is 4.74. The molecule has 5 heteroatoms. The van der Waals surface area contributed by atoms with E-state index in [1.807, 2.05) is 38.1 Å². The Morgan fingerprint density at radius 1 is 0.958 bits per heavy atom. The van der Waals surface area contributed by atoms with Crippen LogP contribution < -0.4 is 0 Å². The molecule has 2 atom stereocenters. The molecule has 0 spiro atoms. The fourth-order valence-electron chi connectivity index (χ4n) is 3.13. The van der Waals surface area contributed by atoms with Crippen LogP contribution in [0.4, 0.5) is 4.39 Å². The maximum atomic E-state index is 14.0. The molecular formula is C19H22FNO2S. The van der Waals surface area contributed by atoms with Crippen molar-refractivity contribution >= 4 is 10.0 Å². The number of piperidine rings is 1. The Bertz CT molecular complexity index is 800. The third kappa shape index (κ3) is 3.37. The van der Waals surface area contributed by atoms with Crippen LogP contribution in [0.3, 0.4) is 0 Å². The van der Waals surface area contributed by atoms with Crippen LogP contribution in [0.15, 0.2) is 53.4 Å². The van der Waals surface area contributed by atoms with E-state index in [4.69, 9.17) is 0 Å². The molecule has 0 saturated carbocycles.